The van der Waals surface area contributed by atoms with E-state index >= 15 is 0 Å². The van der Waals surface area contributed by atoms with E-state index in [1.807, 2.05) is 64.9 Å². The number of nitrogens with zero attached hydrogens (tertiary/aromatic N) is 2. The van der Waals surface area contributed by atoms with E-state index in [2.05, 4.69) is 5.32 Å². The van der Waals surface area contributed by atoms with Gasteiger partial charge in [-0.1, -0.05) is 19.9 Å². The topological polar surface area (TPSA) is 52.7 Å². The van der Waals surface area contributed by atoms with E-state index in [1.54, 1.807) is 11.0 Å². The highest BCUT2D eigenvalue weighted by Gasteiger charge is 2.21. The van der Waals surface area contributed by atoms with Crippen LogP contribution in [-0.2, 0) is 11.3 Å². The molecule has 0 bridgehead atoms. The van der Waals surface area contributed by atoms with Crippen LogP contribution in [0.2, 0.25) is 0 Å². The van der Waals surface area contributed by atoms with Crippen molar-refractivity contribution in [2.75, 3.05) is 24.3 Å². The van der Waals surface area contributed by atoms with Gasteiger partial charge in [0.25, 0.3) is 5.91 Å². The number of carbonyl (C=O) groups excluding carboxylic acids is 2. The van der Waals surface area contributed by atoms with Crippen LogP contribution in [0.1, 0.15) is 50.0 Å². The maximum Gasteiger partial charge on any atom is 0.254 e. The van der Waals surface area contributed by atoms with Crippen molar-refractivity contribution in [2.24, 2.45) is 5.92 Å². The van der Waals surface area contributed by atoms with Crippen LogP contribution >= 0.6 is 0 Å². The van der Waals surface area contributed by atoms with Crippen molar-refractivity contribution >= 4 is 23.2 Å². The number of benzene rings is 2. The van der Waals surface area contributed by atoms with Gasteiger partial charge in [-0.05, 0) is 61.7 Å². The highest BCUT2D eigenvalue weighted by Crippen LogP contribution is 2.26. The van der Waals surface area contributed by atoms with E-state index in [4.69, 9.17) is 0 Å². The fourth-order valence-corrected chi connectivity index (χ4v) is 3.27. The molecule has 0 radical (unpaired) electrons. The number of hydrogen-bond acceptors (Lipinski definition) is 3. The zero-order valence-corrected chi connectivity index (χ0v) is 18.7. The van der Waals surface area contributed by atoms with Gasteiger partial charge in [0.1, 0.15) is 5.82 Å². The van der Waals surface area contributed by atoms with E-state index in [0.29, 0.717) is 24.2 Å². The number of hydrogen-bond donors (Lipinski definition) is 1. The summed E-state index contributed by atoms with van der Waals surface area (Å²) in [6.07, 6.45) is 0.445. The number of rotatable bonds is 8. The molecule has 2 aromatic rings. The van der Waals surface area contributed by atoms with Crippen molar-refractivity contribution in [1.82, 2.24) is 4.90 Å². The molecule has 1 N–H and O–H groups in total. The van der Waals surface area contributed by atoms with Gasteiger partial charge in [0.15, 0.2) is 0 Å². The first-order valence-electron chi connectivity index (χ1n) is 10.2. The fourth-order valence-electron chi connectivity index (χ4n) is 3.27. The van der Waals surface area contributed by atoms with Crippen molar-refractivity contribution < 1.29 is 14.0 Å². The second-order valence-corrected chi connectivity index (χ2v) is 8.42. The third-order valence-electron chi connectivity index (χ3n) is 4.74. The van der Waals surface area contributed by atoms with Crippen LogP contribution < -0.4 is 10.2 Å². The van der Waals surface area contributed by atoms with Gasteiger partial charge in [0.05, 0.1) is 0 Å². The lowest BCUT2D eigenvalue weighted by Crippen LogP contribution is -2.37. The Morgan fingerprint density at radius 2 is 1.73 bits per heavy atom. The Morgan fingerprint density at radius 1 is 1.03 bits per heavy atom. The average Bonchev–Trinajstić information content (AvgIpc) is 2.64. The lowest BCUT2D eigenvalue weighted by atomic mass is 10.1. The second-order valence-electron chi connectivity index (χ2n) is 8.42. The van der Waals surface area contributed by atoms with E-state index in [9.17, 15) is 14.0 Å². The zero-order chi connectivity index (χ0) is 22.4. The summed E-state index contributed by atoms with van der Waals surface area (Å²) in [5.41, 5.74) is 2.87. The Morgan fingerprint density at radius 3 is 2.30 bits per heavy atom. The van der Waals surface area contributed by atoms with Crippen LogP contribution in [0.4, 0.5) is 15.8 Å². The molecule has 2 rings (SSSR count). The van der Waals surface area contributed by atoms with Crippen molar-refractivity contribution in [3.05, 3.63) is 59.4 Å². The van der Waals surface area contributed by atoms with Crippen LogP contribution in [0.25, 0.3) is 0 Å². The summed E-state index contributed by atoms with van der Waals surface area (Å²) in [5.74, 6) is -0.437. The molecule has 0 aliphatic heterocycles. The largest absolute Gasteiger partial charge is 0.377 e. The smallest absolute Gasteiger partial charge is 0.254 e. The Labute approximate surface area is 178 Å². The van der Waals surface area contributed by atoms with Crippen LogP contribution in [0.5, 0.6) is 0 Å². The molecule has 5 nitrogen and oxygen atoms in total. The Balaban J connectivity index is 2.34. The minimum absolute atomic E-state index is 0.0369. The van der Waals surface area contributed by atoms with Gasteiger partial charge >= 0.3 is 0 Å². The molecule has 0 saturated heterocycles. The summed E-state index contributed by atoms with van der Waals surface area (Å²) in [4.78, 5) is 28.9. The number of nitrogens with one attached hydrogen (secondary N) is 1. The van der Waals surface area contributed by atoms with Gasteiger partial charge in [-0.3, -0.25) is 9.59 Å². The Hall–Kier alpha value is -2.89. The number of carbonyl (C=O) groups is 2. The van der Waals surface area contributed by atoms with E-state index < -0.39 is 5.82 Å². The predicted molar refractivity (Wildman–Crippen MR) is 120 cm³/mol. The minimum atomic E-state index is -0.437. The molecule has 6 heteroatoms. The summed E-state index contributed by atoms with van der Waals surface area (Å²) in [5, 5.41) is 2.94. The summed E-state index contributed by atoms with van der Waals surface area (Å²) >= 11 is 0. The fraction of sp³-hybridized carbons (Fsp3) is 0.417. The molecule has 0 heterocycles. The molecule has 0 fully saturated rings. The molecule has 0 aliphatic rings. The maximum atomic E-state index is 13.6. The van der Waals surface area contributed by atoms with Crippen LogP contribution in [0.15, 0.2) is 42.5 Å². The van der Waals surface area contributed by atoms with Gasteiger partial charge in [-0.25, -0.2) is 4.39 Å². The average molecular weight is 414 g/mol. The summed E-state index contributed by atoms with van der Waals surface area (Å²) in [6.45, 7) is 8.20. The third kappa shape index (κ3) is 6.31. The van der Waals surface area contributed by atoms with Gasteiger partial charge < -0.3 is 15.1 Å². The minimum Gasteiger partial charge on any atom is -0.377 e. The first-order valence-corrected chi connectivity index (χ1v) is 10.2. The van der Waals surface area contributed by atoms with Gasteiger partial charge in [0.2, 0.25) is 5.91 Å². The van der Waals surface area contributed by atoms with Crippen molar-refractivity contribution in [1.29, 1.82) is 0 Å². The van der Waals surface area contributed by atoms with E-state index in [0.717, 1.165) is 11.3 Å². The highest BCUT2D eigenvalue weighted by atomic mass is 19.1. The molecule has 0 atom stereocenters. The van der Waals surface area contributed by atoms with E-state index in [-0.39, 0.29) is 23.8 Å². The quantitative estimate of drug-likeness (QED) is 0.668. The van der Waals surface area contributed by atoms with Gasteiger partial charge in [-0.2, -0.15) is 0 Å². The second kappa shape index (κ2) is 10.2. The zero-order valence-electron chi connectivity index (χ0n) is 18.7. The van der Waals surface area contributed by atoms with Crippen molar-refractivity contribution in [3.63, 3.8) is 0 Å². The molecule has 0 aromatic heterocycles. The first-order chi connectivity index (χ1) is 14.1. The van der Waals surface area contributed by atoms with Crippen LogP contribution in [0.3, 0.4) is 0 Å². The number of anilines is 2. The molecule has 2 aromatic carbocycles. The third-order valence-corrected chi connectivity index (χ3v) is 4.74. The SMILES string of the molecule is CC(C)CC(=O)Nc1ccc(N(C)C)c(CN(C(=O)c2cccc(F)c2)C(C)C)c1. The molecule has 0 aliphatic carbocycles. The summed E-state index contributed by atoms with van der Waals surface area (Å²) in [6, 6.07) is 11.4. The number of amides is 2. The van der Waals surface area contributed by atoms with Gasteiger partial charge in [0, 0.05) is 50.0 Å². The standard InChI is InChI=1S/C24H32FN3O2/c1-16(2)12-23(29)26-21-10-11-22(27(5)6)19(14-21)15-28(17(3)4)24(30)18-8-7-9-20(25)13-18/h7-11,13-14,16-17H,12,15H2,1-6H3,(H,26,29). The lowest BCUT2D eigenvalue weighted by Gasteiger charge is -2.29. The molecule has 0 spiro atoms. The summed E-state index contributed by atoms with van der Waals surface area (Å²) in [7, 11) is 3.87. The normalized spacial score (nSPS) is 11.0. The van der Waals surface area contributed by atoms with E-state index in [1.165, 1.54) is 18.2 Å². The van der Waals surface area contributed by atoms with Gasteiger partial charge in [-0.15, -0.1) is 0 Å². The molecular weight excluding hydrogens is 381 g/mol. The molecule has 30 heavy (non-hydrogen) atoms. The maximum absolute atomic E-state index is 13.6. The molecule has 0 unspecified atom stereocenters. The Kier molecular flexibility index (Phi) is 7.98. The molecule has 0 saturated carbocycles. The van der Waals surface area contributed by atoms with Crippen molar-refractivity contribution in [3.8, 4) is 0 Å². The molecular formula is C24H32FN3O2. The Bertz CT molecular complexity index is 894. The van der Waals surface area contributed by atoms with Crippen molar-refractivity contribution in [2.45, 2.75) is 46.7 Å². The molecule has 162 valence electrons. The monoisotopic (exact) mass is 413 g/mol. The van der Waals surface area contributed by atoms with Crippen LogP contribution in [-0.4, -0.2) is 36.9 Å². The van der Waals surface area contributed by atoms with Crippen LogP contribution in [0, 0.1) is 11.7 Å². The highest BCUT2D eigenvalue weighted by molar-refractivity contribution is 5.94. The number of halogens is 1. The predicted octanol–water partition coefficient (Wildman–Crippen LogP) is 4.93. The summed E-state index contributed by atoms with van der Waals surface area (Å²) < 4.78 is 13.6. The molecule has 2 amide bonds. The lowest BCUT2D eigenvalue weighted by molar-refractivity contribution is -0.116. The first kappa shape index (κ1) is 23.4.